The van der Waals surface area contributed by atoms with Crippen LogP contribution in [0.15, 0.2) is 82.6 Å². The summed E-state index contributed by atoms with van der Waals surface area (Å²) in [6.07, 6.45) is 1.09. The highest BCUT2D eigenvalue weighted by Crippen LogP contribution is 2.20. The SMILES string of the molecule is CS(=O)(=O)c1ccc(NC(=O)c2cccc(S(=O)(=O)Cc3ccc(Cl)cc3)c2)cc1. The van der Waals surface area contributed by atoms with Crippen LogP contribution in [0.3, 0.4) is 0 Å². The van der Waals surface area contributed by atoms with Gasteiger partial charge in [0.2, 0.25) is 0 Å². The minimum absolute atomic E-state index is 0.0255. The summed E-state index contributed by atoms with van der Waals surface area (Å²) >= 11 is 5.83. The van der Waals surface area contributed by atoms with Crippen molar-refractivity contribution < 1.29 is 21.6 Å². The van der Waals surface area contributed by atoms with Crippen molar-refractivity contribution in [3.63, 3.8) is 0 Å². The Bertz CT molecular complexity index is 1280. The van der Waals surface area contributed by atoms with Crippen LogP contribution in [0.4, 0.5) is 5.69 Å². The van der Waals surface area contributed by atoms with Crippen molar-refractivity contribution in [2.75, 3.05) is 11.6 Å². The molecule has 3 rings (SSSR count). The maximum Gasteiger partial charge on any atom is 0.255 e. The lowest BCUT2D eigenvalue weighted by Gasteiger charge is -2.09. The molecule has 0 aliphatic carbocycles. The van der Waals surface area contributed by atoms with Crippen LogP contribution in [0.2, 0.25) is 5.02 Å². The normalized spacial score (nSPS) is 11.8. The zero-order valence-corrected chi connectivity index (χ0v) is 18.3. The zero-order chi connectivity index (χ0) is 21.9. The first-order chi connectivity index (χ1) is 14.0. The Morgan fingerprint density at radius 2 is 1.50 bits per heavy atom. The molecule has 1 N–H and O–H groups in total. The highest BCUT2D eigenvalue weighted by Gasteiger charge is 2.18. The number of hydrogen-bond acceptors (Lipinski definition) is 5. The van der Waals surface area contributed by atoms with Crippen LogP contribution >= 0.6 is 11.6 Å². The molecule has 0 aliphatic rings. The van der Waals surface area contributed by atoms with Gasteiger partial charge in [0, 0.05) is 22.5 Å². The Morgan fingerprint density at radius 1 is 0.867 bits per heavy atom. The molecule has 0 aliphatic heterocycles. The summed E-state index contributed by atoms with van der Waals surface area (Å²) in [6.45, 7) is 0. The number of anilines is 1. The van der Waals surface area contributed by atoms with Crippen LogP contribution in [0.25, 0.3) is 0 Å². The summed E-state index contributed by atoms with van der Waals surface area (Å²) in [5.74, 6) is -0.729. The minimum atomic E-state index is -3.67. The van der Waals surface area contributed by atoms with Gasteiger partial charge in [0.05, 0.1) is 15.5 Å². The molecular formula is C21H18ClNO5S2. The van der Waals surface area contributed by atoms with Gasteiger partial charge in [0.15, 0.2) is 19.7 Å². The molecule has 0 radical (unpaired) electrons. The average molecular weight is 464 g/mol. The quantitative estimate of drug-likeness (QED) is 0.596. The fourth-order valence-electron chi connectivity index (χ4n) is 2.70. The summed E-state index contributed by atoms with van der Waals surface area (Å²) in [5.41, 5.74) is 1.14. The maximum atomic E-state index is 12.7. The number of carbonyl (C=O) groups excluding carboxylic acids is 1. The second-order valence-electron chi connectivity index (χ2n) is 6.66. The van der Waals surface area contributed by atoms with Gasteiger partial charge < -0.3 is 5.32 Å². The molecule has 0 saturated heterocycles. The van der Waals surface area contributed by atoms with Crippen molar-refractivity contribution in [2.24, 2.45) is 0 Å². The predicted molar refractivity (Wildman–Crippen MR) is 116 cm³/mol. The van der Waals surface area contributed by atoms with Gasteiger partial charge in [-0.1, -0.05) is 29.8 Å². The highest BCUT2D eigenvalue weighted by molar-refractivity contribution is 7.91. The van der Waals surface area contributed by atoms with Crippen molar-refractivity contribution in [3.8, 4) is 0 Å². The summed E-state index contributed by atoms with van der Waals surface area (Å²) in [6, 6.07) is 18.0. The minimum Gasteiger partial charge on any atom is -0.322 e. The van der Waals surface area contributed by atoms with Crippen LogP contribution < -0.4 is 5.32 Å². The molecule has 3 aromatic carbocycles. The molecule has 0 fully saturated rings. The number of carbonyl (C=O) groups is 1. The summed E-state index contributed by atoms with van der Waals surface area (Å²) < 4.78 is 48.5. The number of halogens is 1. The van der Waals surface area contributed by atoms with E-state index in [2.05, 4.69) is 5.32 Å². The van der Waals surface area contributed by atoms with Crippen molar-refractivity contribution in [1.29, 1.82) is 0 Å². The van der Waals surface area contributed by atoms with E-state index in [0.29, 0.717) is 16.3 Å². The molecule has 156 valence electrons. The Balaban J connectivity index is 1.78. The van der Waals surface area contributed by atoms with Gasteiger partial charge in [-0.3, -0.25) is 4.79 Å². The van der Waals surface area contributed by atoms with Gasteiger partial charge in [-0.2, -0.15) is 0 Å². The van der Waals surface area contributed by atoms with E-state index in [4.69, 9.17) is 11.6 Å². The molecule has 0 spiro atoms. The molecule has 0 heterocycles. The summed E-state index contributed by atoms with van der Waals surface area (Å²) in [7, 11) is -7.00. The summed E-state index contributed by atoms with van der Waals surface area (Å²) in [5, 5.41) is 3.14. The molecule has 3 aromatic rings. The lowest BCUT2D eigenvalue weighted by atomic mass is 10.2. The van der Waals surface area contributed by atoms with Crippen LogP contribution in [0.1, 0.15) is 15.9 Å². The number of hydrogen-bond donors (Lipinski definition) is 1. The maximum absolute atomic E-state index is 12.7. The Labute approximate surface area is 180 Å². The molecule has 9 heteroatoms. The zero-order valence-electron chi connectivity index (χ0n) is 15.9. The third kappa shape index (κ3) is 5.47. The van der Waals surface area contributed by atoms with Gasteiger partial charge in [0.25, 0.3) is 5.91 Å². The number of benzene rings is 3. The first kappa shape index (κ1) is 22.0. The van der Waals surface area contributed by atoms with Crippen LogP contribution in [0.5, 0.6) is 0 Å². The summed E-state index contributed by atoms with van der Waals surface area (Å²) in [4.78, 5) is 12.7. The molecule has 1 amide bonds. The van der Waals surface area contributed by atoms with Gasteiger partial charge in [-0.05, 0) is 60.2 Å². The van der Waals surface area contributed by atoms with E-state index in [9.17, 15) is 21.6 Å². The molecular weight excluding hydrogens is 446 g/mol. The lowest BCUT2D eigenvalue weighted by molar-refractivity contribution is 0.102. The first-order valence-corrected chi connectivity index (χ1v) is 12.7. The molecule has 0 aromatic heterocycles. The predicted octanol–water partition coefficient (Wildman–Crippen LogP) is 3.97. The van der Waals surface area contributed by atoms with Crippen molar-refractivity contribution in [3.05, 3.63) is 88.9 Å². The van der Waals surface area contributed by atoms with Gasteiger partial charge in [0.1, 0.15) is 0 Å². The Morgan fingerprint density at radius 3 is 2.10 bits per heavy atom. The monoisotopic (exact) mass is 463 g/mol. The Hall–Kier alpha value is -2.68. The van der Waals surface area contributed by atoms with E-state index in [-0.39, 0.29) is 21.1 Å². The standard InChI is InChI=1S/C21H18ClNO5S2/c1-29(25,26)19-11-9-18(10-12-19)23-21(24)16-3-2-4-20(13-16)30(27,28)14-15-5-7-17(22)8-6-15/h2-13H,14H2,1H3,(H,23,24). The lowest BCUT2D eigenvalue weighted by Crippen LogP contribution is -2.13. The van der Waals surface area contributed by atoms with Crippen molar-refractivity contribution >= 4 is 42.9 Å². The highest BCUT2D eigenvalue weighted by atomic mass is 35.5. The number of nitrogens with one attached hydrogen (secondary N) is 1. The van der Waals surface area contributed by atoms with E-state index in [1.807, 2.05) is 0 Å². The third-order valence-corrected chi connectivity index (χ3v) is 7.33. The second kappa shape index (κ2) is 8.59. The smallest absolute Gasteiger partial charge is 0.255 e. The van der Waals surface area contributed by atoms with Crippen LogP contribution in [0, 0.1) is 0 Å². The van der Waals surface area contributed by atoms with E-state index in [1.54, 1.807) is 24.3 Å². The largest absolute Gasteiger partial charge is 0.322 e. The van der Waals surface area contributed by atoms with Gasteiger partial charge in [-0.25, -0.2) is 16.8 Å². The average Bonchev–Trinajstić information content (AvgIpc) is 2.69. The number of amides is 1. The van der Waals surface area contributed by atoms with E-state index < -0.39 is 25.6 Å². The van der Waals surface area contributed by atoms with E-state index in [1.165, 1.54) is 48.5 Å². The third-order valence-electron chi connectivity index (χ3n) is 4.27. The molecule has 0 atom stereocenters. The van der Waals surface area contributed by atoms with Crippen LogP contribution in [-0.2, 0) is 25.4 Å². The van der Waals surface area contributed by atoms with Crippen molar-refractivity contribution in [1.82, 2.24) is 0 Å². The molecule has 0 saturated carbocycles. The molecule has 0 unspecified atom stereocenters. The van der Waals surface area contributed by atoms with Gasteiger partial charge in [-0.15, -0.1) is 0 Å². The van der Waals surface area contributed by atoms with Gasteiger partial charge >= 0.3 is 0 Å². The van der Waals surface area contributed by atoms with Crippen molar-refractivity contribution in [2.45, 2.75) is 15.5 Å². The van der Waals surface area contributed by atoms with Crippen LogP contribution in [-0.4, -0.2) is 29.0 Å². The molecule has 0 bridgehead atoms. The molecule has 6 nitrogen and oxygen atoms in total. The second-order valence-corrected chi connectivity index (χ2v) is 11.1. The van der Waals surface area contributed by atoms with E-state index in [0.717, 1.165) is 6.26 Å². The molecule has 30 heavy (non-hydrogen) atoms. The topological polar surface area (TPSA) is 97.4 Å². The number of rotatable bonds is 6. The Kier molecular flexibility index (Phi) is 6.30. The fourth-order valence-corrected chi connectivity index (χ4v) is 4.85. The number of sulfone groups is 2. The fraction of sp³-hybridized carbons (Fsp3) is 0.0952. The van der Waals surface area contributed by atoms with E-state index >= 15 is 0 Å². The first-order valence-electron chi connectivity index (χ1n) is 8.73.